The van der Waals surface area contributed by atoms with E-state index in [1.165, 1.54) is 14.2 Å². The standard InChI is InChI=1S/C12H15NO4/c1-16-11(14)9-5-3-4-8(6-9)7-10(13)12(15)17-2/h3-6,10H,7,13H2,1-2H3/p+1. The Morgan fingerprint density at radius 2 is 2.00 bits per heavy atom. The molecule has 0 aromatic heterocycles. The second kappa shape index (κ2) is 6.00. The van der Waals surface area contributed by atoms with E-state index in [-0.39, 0.29) is 5.97 Å². The minimum Gasteiger partial charge on any atom is -0.465 e. The molecule has 5 heteroatoms. The minimum atomic E-state index is -0.479. The molecule has 3 N–H and O–H groups in total. The molecule has 0 saturated carbocycles. The number of rotatable bonds is 4. The quantitative estimate of drug-likeness (QED) is 0.737. The fraction of sp³-hybridized carbons (Fsp3) is 0.333. The van der Waals surface area contributed by atoms with E-state index in [0.29, 0.717) is 12.0 Å². The van der Waals surface area contributed by atoms with Crippen molar-refractivity contribution in [2.75, 3.05) is 14.2 Å². The first-order chi connectivity index (χ1) is 8.08. The van der Waals surface area contributed by atoms with Gasteiger partial charge in [-0.3, -0.25) is 0 Å². The summed E-state index contributed by atoms with van der Waals surface area (Å²) in [5, 5.41) is 0. The molecule has 1 atom stereocenters. The number of esters is 2. The van der Waals surface area contributed by atoms with Gasteiger partial charge in [-0.25, -0.2) is 9.59 Å². The summed E-state index contributed by atoms with van der Waals surface area (Å²) in [6.07, 6.45) is 0.428. The minimum absolute atomic E-state index is 0.367. The predicted molar refractivity (Wildman–Crippen MR) is 60.2 cm³/mol. The SMILES string of the molecule is COC(=O)c1cccc(CC([NH3+])C(=O)OC)c1. The van der Waals surface area contributed by atoms with Crippen molar-refractivity contribution in [3.8, 4) is 0 Å². The number of benzene rings is 1. The Kier molecular flexibility index (Phi) is 4.66. The summed E-state index contributed by atoms with van der Waals surface area (Å²) >= 11 is 0. The van der Waals surface area contributed by atoms with E-state index < -0.39 is 12.0 Å². The van der Waals surface area contributed by atoms with Crippen LogP contribution in [0.15, 0.2) is 24.3 Å². The monoisotopic (exact) mass is 238 g/mol. The van der Waals surface area contributed by atoms with Gasteiger partial charge in [0.05, 0.1) is 19.8 Å². The largest absolute Gasteiger partial charge is 0.465 e. The van der Waals surface area contributed by atoms with E-state index >= 15 is 0 Å². The zero-order valence-corrected chi connectivity index (χ0v) is 9.93. The van der Waals surface area contributed by atoms with Crippen molar-refractivity contribution in [2.45, 2.75) is 12.5 Å². The van der Waals surface area contributed by atoms with Crippen molar-refractivity contribution in [2.24, 2.45) is 0 Å². The molecule has 0 radical (unpaired) electrons. The van der Waals surface area contributed by atoms with Crippen LogP contribution < -0.4 is 5.73 Å². The smallest absolute Gasteiger partial charge is 0.364 e. The summed E-state index contributed by atoms with van der Waals surface area (Å²) < 4.78 is 9.21. The topological polar surface area (TPSA) is 80.2 Å². The summed E-state index contributed by atoms with van der Waals surface area (Å²) in [5.74, 6) is -0.765. The van der Waals surface area contributed by atoms with Gasteiger partial charge in [0.25, 0.3) is 0 Å². The van der Waals surface area contributed by atoms with Crippen LogP contribution in [0.5, 0.6) is 0 Å². The molecule has 0 bridgehead atoms. The number of hydrogen-bond acceptors (Lipinski definition) is 4. The summed E-state index contributed by atoms with van der Waals surface area (Å²) in [4.78, 5) is 22.5. The lowest BCUT2D eigenvalue weighted by molar-refractivity contribution is -0.407. The first-order valence-corrected chi connectivity index (χ1v) is 5.16. The summed E-state index contributed by atoms with van der Waals surface area (Å²) in [5.41, 5.74) is 5.01. The van der Waals surface area contributed by atoms with Crippen LogP contribution in [0.1, 0.15) is 15.9 Å². The van der Waals surface area contributed by atoms with Crippen LogP contribution in [-0.2, 0) is 20.7 Å². The van der Waals surface area contributed by atoms with Crippen LogP contribution in [0.25, 0.3) is 0 Å². The second-order valence-electron chi connectivity index (χ2n) is 3.62. The summed E-state index contributed by atoms with van der Waals surface area (Å²) in [6.45, 7) is 0. The highest BCUT2D eigenvalue weighted by molar-refractivity contribution is 5.89. The molecule has 1 aromatic carbocycles. The van der Waals surface area contributed by atoms with Gasteiger partial charge >= 0.3 is 11.9 Å². The van der Waals surface area contributed by atoms with Gasteiger partial charge in [-0.05, 0) is 17.7 Å². The zero-order valence-electron chi connectivity index (χ0n) is 9.93. The Morgan fingerprint density at radius 3 is 2.59 bits per heavy atom. The molecule has 1 rings (SSSR count). The van der Waals surface area contributed by atoms with Gasteiger partial charge in [0, 0.05) is 6.42 Å². The number of methoxy groups -OCH3 is 2. The zero-order chi connectivity index (χ0) is 12.8. The molecule has 17 heavy (non-hydrogen) atoms. The number of carbonyl (C=O) groups excluding carboxylic acids is 2. The first-order valence-electron chi connectivity index (χ1n) is 5.16. The fourth-order valence-corrected chi connectivity index (χ4v) is 1.48. The predicted octanol–water partition coefficient (Wildman–Crippen LogP) is -0.201. The Hall–Kier alpha value is -1.88. The lowest BCUT2D eigenvalue weighted by atomic mass is 10.0. The van der Waals surface area contributed by atoms with Crippen molar-refractivity contribution < 1.29 is 24.8 Å². The van der Waals surface area contributed by atoms with Crippen molar-refractivity contribution in [3.05, 3.63) is 35.4 Å². The highest BCUT2D eigenvalue weighted by Gasteiger charge is 2.18. The first kappa shape index (κ1) is 13.2. The maximum Gasteiger partial charge on any atom is 0.364 e. The molecule has 0 aliphatic rings. The van der Waals surface area contributed by atoms with Crippen molar-refractivity contribution in [3.63, 3.8) is 0 Å². The highest BCUT2D eigenvalue weighted by Crippen LogP contribution is 2.08. The molecule has 1 unspecified atom stereocenters. The lowest BCUT2D eigenvalue weighted by Gasteiger charge is -2.07. The van der Waals surface area contributed by atoms with Gasteiger partial charge in [-0.15, -0.1) is 0 Å². The second-order valence-corrected chi connectivity index (χ2v) is 3.62. The molecule has 0 aliphatic carbocycles. The normalized spacial score (nSPS) is 11.7. The molecule has 92 valence electrons. The van der Waals surface area contributed by atoms with Crippen LogP contribution in [0.4, 0.5) is 0 Å². The molecule has 0 fully saturated rings. The number of ether oxygens (including phenoxy) is 2. The third kappa shape index (κ3) is 3.57. The van der Waals surface area contributed by atoms with Gasteiger partial charge in [0.2, 0.25) is 0 Å². The highest BCUT2D eigenvalue weighted by atomic mass is 16.5. The third-order valence-electron chi connectivity index (χ3n) is 2.36. The van der Waals surface area contributed by atoms with Crippen molar-refractivity contribution >= 4 is 11.9 Å². The van der Waals surface area contributed by atoms with Gasteiger partial charge in [0.15, 0.2) is 6.04 Å². The van der Waals surface area contributed by atoms with E-state index in [2.05, 4.69) is 15.2 Å². The molecule has 0 amide bonds. The third-order valence-corrected chi connectivity index (χ3v) is 2.36. The number of hydrogen-bond donors (Lipinski definition) is 1. The molecular formula is C12H16NO4+. The van der Waals surface area contributed by atoms with E-state index in [1.807, 2.05) is 6.07 Å². The molecule has 5 nitrogen and oxygen atoms in total. The van der Waals surface area contributed by atoms with Crippen molar-refractivity contribution in [1.82, 2.24) is 0 Å². The summed E-state index contributed by atoms with van der Waals surface area (Å²) in [7, 11) is 2.65. The molecule has 0 spiro atoms. The molecule has 0 saturated heterocycles. The van der Waals surface area contributed by atoms with E-state index in [0.717, 1.165) is 5.56 Å². The Labute approximate surface area is 99.5 Å². The van der Waals surface area contributed by atoms with Crippen LogP contribution in [0.2, 0.25) is 0 Å². The summed E-state index contributed by atoms with van der Waals surface area (Å²) in [6, 6.07) is 6.44. The van der Waals surface area contributed by atoms with Crippen LogP contribution in [0.3, 0.4) is 0 Å². The van der Waals surface area contributed by atoms with E-state index in [9.17, 15) is 9.59 Å². The molecular weight excluding hydrogens is 222 g/mol. The van der Waals surface area contributed by atoms with Crippen LogP contribution in [0, 0.1) is 0 Å². The fourth-order valence-electron chi connectivity index (χ4n) is 1.48. The average Bonchev–Trinajstić information content (AvgIpc) is 2.37. The number of carbonyl (C=O) groups is 2. The van der Waals surface area contributed by atoms with E-state index in [1.54, 1.807) is 18.2 Å². The van der Waals surface area contributed by atoms with Gasteiger partial charge in [-0.1, -0.05) is 12.1 Å². The molecule has 0 aliphatic heterocycles. The Balaban J connectivity index is 2.79. The van der Waals surface area contributed by atoms with Gasteiger partial charge < -0.3 is 15.2 Å². The van der Waals surface area contributed by atoms with Gasteiger partial charge in [0.1, 0.15) is 0 Å². The maximum atomic E-state index is 11.3. The Bertz CT molecular complexity index is 417. The van der Waals surface area contributed by atoms with Gasteiger partial charge in [-0.2, -0.15) is 0 Å². The number of quaternary nitrogens is 1. The molecule has 1 aromatic rings. The van der Waals surface area contributed by atoms with E-state index in [4.69, 9.17) is 0 Å². The Morgan fingerprint density at radius 1 is 1.29 bits per heavy atom. The van der Waals surface area contributed by atoms with Crippen molar-refractivity contribution in [1.29, 1.82) is 0 Å². The molecule has 0 heterocycles. The van der Waals surface area contributed by atoms with Crippen LogP contribution in [-0.4, -0.2) is 32.2 Å². The lowest BCUT2D eigenvalue weighted by Crippen LogP contribution is -2.66. The maximum absolute atomic E-state index is 11.3. The van der Waals surface area contributed by atoms with Crippen LogP contribution >= 0.6 is 0 Å². The average molecular weight is 238 g/mol.